The SMILES string of the molecule is Cc1ccc(Cl)c(Nc2ccc(N)c(C(=O)O)c2)c1. The van der Waals surface area contributed by atoms with Gasteiger partial charge in [0.05, 0.1) is 16.3 Å². The van der Waals surface area contributed by atoms with E-state index in [0.717, 1.165) is 11.3 Å². The first kappa shape index (κ1) is 13.2. The van der Waals surface area contributed by atoms with Crippen molar-refractivity contribution in [2.45, 2.75) is 6.92 Å². The molecule has 0 saturated carbocycles. The third-order valence-electron chi connectivity index (χ3n) is 2.68. The molecule has 0 heterocycles. The number of anilines is 3. The van der Waals surface area contributed by atoms with Crippen LogP contribution in [0.3, 0.4) is 0 Å². The van der Waals surface area contributed by atoms with Gasteiger partial charge in [-0.1, -0.05) is 17.7 Å². The molecule has 0 saturated heterocycles. The lowest BCUT2D eigenvalue weighted by molar-refractivity contribution is 0.0698. The summed E-state index contributed by atoms with van der Waals surface area (Å²) in [6, 6.07) is 10.3. The van der Waals surface area contributed by atoms with Gasteiger partial charge in [0.2, 0.25) is 0 Å². The number of carbonyl (C=O) groups is 1. The van der Waals surface area contributed by atoms with Crippen LogP contribution >= 0.6 is 11.6 Å². The minimum atomic E-state index is -1.06. The van der Waals surface area contributed by atoms with Gasteiger partial charge in [-0.05, 0) is 42.8 Å². The molecule has 4 nitrogen and oxygen atoms in total. The zero-order valence-electron chi connectivity index (χ0n) is 10.3. The average Bonchev–Trinajstić information content (AvgIpc) is 2.36. The zero-order valence-corrected chi connectivity index (χ0v) is 11.0. The van der Waals surface area contributed by atoms with Gasteiger partial charge in [-0.3, -0.25) is 0 Å². The second kappa shape index (κ2) is 5.20. The third kappa shape index (κ3) is 2.98. The summed E-state index contributed by atoms with van der Waals surface area (Å²) < 4.78 is 0. The number of nitrogens with one attached hydrogen (secondary N) is 1. The van der Waals surface area contributed by atoms with Gasteiger partial charge >= 0.3 is 5.97 Å². The molecular weight excluding hydrogens is 264 g/mol. The Kier molecular flexibility index (Phi) is 3.62. The van der Waals surface area contributed by atoms with Crippen molar-refractivity contribution in [2.75, 3.05) is 11.1 Å². The van der Waals surface area contributed by atoms with Crippen molar-refractivity contribution in [3.05, 3.63) is 52.5 Å². The number of rotatable bonds is 3. The van der Waals surface area contributed by atoms with Crippen molar-refractivity contribution in [1.82, 2.24) is 0 Å². The Morgan fingerprint density at radius 1 is 1.26 bits per heavy atom. The molecule has 0 aliphatic carbocycles. The van der Waals surface area contributed by atoms with Crippen molar-refractivity contribution < 1.29 is 9.90 Å². The summed E-state index contributed by atoms with van der Waals surface area (Å²) in [5.74, 6) is -1.06. The molecule has 0 fully saturated rings. The number of aromatic carboxylic acids is 1. The van der Waals surface area contributed by atoms with Gasteiger partial charge in [-0.2, -0.15) is 0 Å². The number of hydrogen-bond donors (Lipinski definition) is 3. The number of aryl methyl sites for hydroxylation is 1. The van der Waals surface area contributed by atoms with E-state index in [1.54, 1.807) is 18.2 Å². The lowest BCUT2D eigenvalue weighted by Gasteiger charge is -2.11. The first-order chi connectivity index (χ1) is 8.97. The number of hydrogen-bond acceptors (Lipinski definition) is 3. The second-order valence-corrected chi connectivity index (χ2v) is 4.62. The van der Waals surface area contributed by atoms with E-state index in [9.17, 15) is 4.79 Å². The van der Waals surface area contributed by atoms with E-state index in [-0.39, 0.29) is 11.3 Å². The largest absolute Gasteiger partial charge is 0.478 e. The number of nitrogens with two attached hydrogens (primary N) is 1. The topological polar surface area (TPSA) is 75.3 Å². The van der Waals surface area contributed by atoms with Crippen LogP contribution in [0.25, 0.3) is 0 Å². The van der Waals surface area contributed by atoms with Gasteiger partial charge in [0, 0.05) is 11.4 Å². The van der Waals surface area contributed by atoms with Crippen molar-refractivity contribution in [2.24, 2.45) is 0 Å². The minimum Gasteiger partial charge on any atom is -0.478 e. The molecule has 0 unspecified atom stereocenters. The Labute approximate surface area is 115 Å². The molecule has 0 radical (unpaired) electrons. The first-order valence-electron chi connectivity index (χ1n) is 5.63. The summed E-state index contributed by atoms with van der Waals surface area (Å²) in [5.41, 5.74) is 8.30. The Morgan fingerprint density at radius 3 is 2.68 bits per heavy atom. The van der Waals surface area contributed by atoms with Gasteiger partial charge in [0.15, 0.2) is 0 Å². The molecule has 2 aromatic rings. The highest BCUT2D eigenvalue weighted by molar-refractivity contribution is 6.33. The van der Waals surface area contributed by atoms with Gasteiger partial charge in [-0.15, -0.1) is 0 Å². The summed E-state index contributed by atoms with van der Waals surface area (Å²) in [6.07, 6.45) is 0. The highest BCUT2D eigenvalue weighted by Gasteiger charge is 2.09. The van der Waals surface area contributed by atoms with Crippen molar-refractivity contribution >= 4 is 34.6 Å². The first-order valence-corrected chi connectivity index (χ1v) is 6.01. The van der Waals surface area contributed by atoms with Crippen molar-refractivity contribution in [3.63, 3.8) is 0 Å². The number of carboxylic acids is 1. The van der Waals surface area contributed by atoms with Crippen LogP contribution in [0.5, 0.6) is 0 Å². The maximum Gasteiger partial charge on any atom is 0.337 e. The van der Waals surface area contributed by atoms with Gasteiger partial charge in [0.1, 0.15) is 0 Å². The van der Waals surface area contributed by atoms with E-state index in [2.05, 4.69) is 5.32 Å². The second-order valence-electron chi connectivity index (χ2n) is 4.22. The van der Waals surface area contributed by atoms with Crippen LogP contribution in [0.4, 0.5) is 17.1 Å². The molecule has 0 atom stereocenters. The van der Waals surface area contributed by atoms with E-state index in [1.807, 2.05) is 19.1 Å². The lowest BCUT2D eigenvalue weighted by atomic mass is 10.1. The van der Waals surface area contributed by atoms with E-state index in [1.165, 1.54) is 6.07 Å². The van der Waals surface area contributed by atoms with E-state index in [0.29, 0.717) is 10.7 Å². The smallest absolute Gasteiger partial charge is 0.337 e. The molecular formula is C14H13ClN2O2. The van der Waals surface area contributed by atoms with E-state index < -0.39 is 5.97 Å². The molecule has 0 aliphatic heterocycles. The fraction of sp³-hybridized carbons (Fsp3) is 0.0714. The van der Waals surface area contributed by atoms with Crippen molar-refractivity contribution in [1.29, 1.82) is 0 Å². The molecule has 0 aliphatic rings. The standard InChI is InChI=1S/C14H13ClN2O2/c1-8-2-4-11(15)13(6-8)17-9-3-5-12(16)10(7-9)14(18)19/h2-7,17H,16H2,1H3,(H,18,19). The number of nitrogen functional groups attached to an aromatic ring is 1. The number of benzene rings is 2. The number of carboxylic acid groups (broad SMARTS) is 1. The molecule has 0 aromatic heterocycles. The van der Waals surface area contributed by atoms with E-state index in [4.69, 9.17) is 22.4 Å². The molecule has 4 N–H and O–H groups in total. The average molecular weight is 277 g/mol. The molecule has 19 heavy (non-hydrogen) atoms. The Morgan fingerprint density at radius 2 is 2.00 bits per heavy atom. The Bertz CT molecular complexity index is 641. The highest BCUT2D eigenvalue weighted by Crippen LogP contribution is 2.27. The monoisotopic (exact) mass is 276 g/mol. The maximum atomic E-state index is 11.0. The Balaban J connectivity index is 2.36. The highest BCUT2D eigenvalue weighted by atomic mass is 35.5. The Hall–Kier alpha value is -2.20. The fourth-order valence-corrected chi connectivity index (χ4v) is 1.87. The molecule has 5 heteroatoms. The molecule has 2 rings (SSSR count). The summed E-state index contributed by atoms with van der Waals surface area (Å²) in [5, 5.41) is 12.7. The predicted molar refractivity (Wildman–Crippen MR) is 77.3 cm³/mol. The van der Waals surface area contributed by atoms with Crippen LogP contribution in [0.2, 0.25) is 5.02 Å². The van der Waals surface area contributed by atoms with Crippen molar-refractivity contribution in [3.8, 4) is 0 Å². The molecule has 0 bridgehead atoms. The van der Waals surface area contributed by atoms with E-state index >= 15 is 0 Å². The summed E-state index contributed by atoms with van der Waals surface area (Å²) >= 11 is 6.08. The maximum absolute atomic E-state index is 11.0. The van der Waals surface area contributed by atoms with Crippen LogP contribution in [0.15, 0.2) is 36.4 Å². The molecule has 98 valence electrons. The van der Waals surface area contributed by atoms with Crippen LogP contribution < -0.4 is 11.1 Å². The van der Waals surface area contributed by atoms with Gasteiger partial charge in [-0.25, -0.2) is 4.79 Å². The van der Waals surface area contributed by atoms with Gasteiger partial charge in [0.25, 0.3) is 0 Å². The zero-order chi connectivity index (χ0) is 14.0. The van der Waals surface area contributed by atoms with Crippen LogP contribution in [-0.2, 0) is 0 Å². The molecule has 0 amide bonds. The van der Waals surface area contributed by atoms with Crippen LogP contribution in [0.1, 0.15) is 15.9 Å². The fourth-order valence-electron chi connectivity index (χ4n) is 1.71. The minimum absolute atomic E-state index is 0.0637. The normalized spacial score (nSPS) is 10.2. The summed E-state index contributed by atoms with van der Waals surface area (Å²) in [7, 11) is 0. The third-order valence-corrected chi connectivity index (χ3v) is 3.01. The van der Waals surface area contributed by atoms with Crippen LogP contribution in [0, 0.1) is 6.92 Å². The number of halogens is 1. The summed E-state index contributed by atoms with van der Waals surface area (Å²) in [4.78, 5) is 11.0. The lowest BCUT2D eigenvalue weighted by Crippen LogP contribution is -2.03. The predicted octanol–water partition coefficient (Wildman–Crippen LogP) is 3.67. The van der Waals surface area contributed by atoms with Gasteiger partial charge < -0.3 is 16.2 Å². The molecule has 0 spiro atoms. The summed E-state index contributed by atoms with van der Waals surface area (Å²) in [6.45, 7) is 1.95. The quantitative estimate of drug-likeness (QED) is 0.748. The van der Waals surface area contributed by atoms with Crippen LogP contribution in [-0.4, -0.2) is 11.1 Å². The molecule has 2 aromatic carbocycles.